The molecule has 3 heteroatoms. The normalized spacial score (nSPS) is 9.62. The number of hydrogen-bond donors (Lipinski definition) is 1. The molecule has 0 radical (unpaired) electrons. The smallest absolute Gasteiger partial charge is 0.335 e. The van der Waals surface area contributed by atoms with E-state index in [2.05, 4.69) is 11.9 Å². The Bertz CT molecular complexity index is 368. The van der Waals surface area contributed by atoms with E-state index >= 15 is 0 Å². The molecule has 1 aromatic carbocycles. The third-order valence-electron chi connectivity index (χ3n) is 2.12. The number of nitrogens with one attached hydrogen (secondary N) is 1. The Balaban J connectivity index is 2.42. The Labute approximate surface area is 96.1 Å². The van der Waals surface area contributed by atoms with Crippen molar-refractivity contribution in [2.45, 2.75) is 13.8 Å². The highest BCUT2D eigenvalue weighted by Gasteiger charge is 2.06. The van der Waals surface area contributed by atoms with Gasteiger partial charge in [0.15, 0.2) is 0 Å². The van der Waals surface area contributed by atoms with Crippen LogP contribution in [0.15, 0.2) is 36.4 Å². The lowest BCUT2D eigenvalue weighted by atomic mass is 10.2. The van der Waals surface area contributed by atoms with E-state index in [4.69, 9.17) is 4.74 Å². The van der Waals surface area contributed by atoms with Crippen LogP contribution < -0.4 is 5.32 Å². The van der Waals surface area contributed by atoms with Gasteiger partial charge in [0.1, 0.15) is 0 Å². The van der Waals surface area contributed by atoms with E-state index in [0.717, 1.165) is 5.69 Å². The van der Waals surface area contributed by atoms with Gasteiger partial charge in [-0.15, -0.1) is 0 Å². The molecular weight excluding hydrogens is 202 g/mol. The maximum absolute atomic E-state index is 11.3. The summed E-state index contributed by atoms with van der Waals surface area (Å²) in [5, 5.41) is 3.11. The number of rotatable bonds is 5. The van der Waals surface area contributed by atoms with Crippen molar-refractivity contribution in [3.63, 3.8) is 0 Å². The average molecular weight is 219 g/mol. The molecule has 1 aromatic rings. The third kappa shape index (κ3) is 3.77. The molecule has 0 atom stereocenters. The van der Waals surface area contributed by atoms with Gasteiger partial charge < -0.3 is 10.1 Å². The fraction of sp³-hybridized carbons (Fsp3) is 0.308. The number of anilines is 1. The van der Waals surface area contributed by atoms with Crippen molar-refractivity contribution in [3.8, 4) is 0 Å². The Kier molecular flexibility index (Phi) is 4.58. The molecule has 3 nitrogen and oxygen atoms in total. The summed E-state index contributed by atoms with van der Waals surface area (Å²) < 4.78 is 4.83. The van der Waals surface area contributed by atoms with Gasteiger partial charge in [-0.05, 0) is 26.0 Å². The van der Waals surface area contributed by atoms with Gasteiger partial charge in [-0.2, -0.15) is 0 Å². The minimum Gasteiger partial charge on any atom is -0.463 e. The molecule has 0 aromatic heterocycles. The van der Waals surface area contributed by atoms with Crippen molar-refractivity contribution < 1.29 is 9.53 Å². The van der Waals surface area contributed by atoms with E-state index in [1.807, 2.05) is 31.2 Å². The van der Waals surface area contributed by atoms with Crippen LogP contribution in [0.2, 0.25) is 0 Å². The van der Waals surface area contributed by atoms with Crippen LogP contribution in [0.4, 0.5) is 5.69 Å². The van der Waals surface area contributed by atoms with Crippen LogP contribution in [-0.4, -0.2) is 19.1 Å². The first-order chi connectivity index (χ1) is 7.63. The van der Waals surface area contributed by atoms with Crippen LogP contribution >= 0.6 is 0 Å². The molecular formula is C13H17NO2. The Morgan fingerprint density at radius 3 is 2.56 bits per heavy atom. The van der Waals surface area contributed by atoms with E-state index in [0.29, 0.717) is 18.7 Å². The van der Waals surface area contributed by atoms with Gasteiger partial charge in [-0.3, -0.25) is 0 Å². The van der Waals surface area contributed by atoms with Crippen molar-refractivity contribution >= 4 is 11.7 Å². The number of hydrogen-bond acceptors (Lipinski definition) is 3. The third-order valence-corrected chi connectivity index (χ3v) is 2.12. The summed E-state index contributed by atoms with van der Waals surface area (Å²) >= 11 is 0. The molecule has 0 aliphatic heterocycles. The summed E-state index contributed by atoms with van der Waals surface area (Å²) in [5.74, 6) is -0.345. The van der Waals surface area contributed by atoms with E-state index in [1.54, 1.807) is 6.92 Å². The standard InChI is InChI=1S/C13H17NO2/c1-4-16-13(15)11(3)9-14-12-7-5-10(2)6-8-12/h5-8,14H,3-4,9H2,1-2H3. The fourth-order valence-electron chi connectivity index (χ4n) is 1.19. The van der Waals surface area contributed by atoms with Crippen LogP contribution in [0.25, 0.3) is 0 Å². The van der Waals surface area contributed by atoms with Gasteiger partial charge in [0.25, 0.3) is 0 Å². The van der Waals surface area contributed by atoms with Crippen molar-refractivity contribution in [2.24, 2.45) is 0 Å². The first-order valence-electron chi connectivity index (χ1n) is 5.29. The van der Waals surface area contributed by atoms with E-state index in [9.17, 15) is 4.79 Å². The van der Waals surface area contributed by atoms with Gasteiger partial charge in [0.05, 0.1) is 6.61 Å². The van der Waals surface area contributed by atoms with Gasteiger partial charge in [0, 0.05) is 17.8 Å². The molecule has 0 fully saturated rings. The molecule has 0 bridgehead atoms. The molecule has 0 saturated carbocycles. The summed E-state index contributed by atoms with van der Waals surface area (Å²) in [7, 11) is 0. The van der Waals surface area contributed by atoms with Crippen LogP contribution in [0.3, 0.4) is 0 Å². The summed E-state index contributed by atoms with van der Waals surface area (Å²) in [4.78, 5) is 11.3. The number of aryl methyl sites for hydroxylation is 1. The lowest BCUT2D eigenvalue weighted by Crippen LogP contribution is -2.14. The molecule has 0 unspecified atom stereocenters. The molecule has 0 aliphatic carbocycles. The SMILES string of the molecule is C=C(CNc1ccc(C)cc1)C(=O)OCC. The van der Waals surface area contributed by atoms with Crippen LogP contribution in [0, 0.1) is 6.92 Å². The predicted molar refractivity (Wildman–Crippen MR) is 65.4 cm³/mol. The number of benzene rings is 1. The van der Waals surface area contributed by atoms with E-state index < -0.39 is 0 Å². The molecule has 86 valence electrons. The summed E-state index contributed by atoms with van der Waals surface area (Å²) in [6.45, 7) is 8.26. The maximum Gasteiger partial charge on any atom is 0.335 e. The summed E-state index contributed by atoms with van der Waals surface area (Å²) in [6.07, 6.45) is 0. The highest BCUT2D eigenvalue weighted by molar-refractivity contribution is 5.88. The van der Waals surface area contributed by atoms with Crippen molar-refractivity contribution in [3.05, 3.63) is 42.0 Å². The number of carbonyl (C=O) groups excluding carboxylic acids is 1. The topological polar surface area (TPSA) is 38.3 Å². The average Bonchev–Trinajstić information content (AvgIpc) is 2.28. The Morgan fingerprint density at radius 1 is 1.38 bits per heavy atom. The van der Waals surface area contributed by atoms with E-state index in [1.165, 1.54) is 5.56 Å². The first kappa shape index (κ1) is 12.3. The quantitative estimate of drug-likeness (QED) is 0.611. The van der Waals surface area contributed by atoms with Crippen LogP contribution in [0.5, 0.6) is 0 Å². The molecule has 1 rings (SSSR count). The highest BCUT2D eigenvalue weighted by atomic mass is 16.5. The summed E-state index contributed by atoms with van der Waals surface area (Å²) in [5.41, 5.74) is 2.60. The Morgan fingerprint density at radius 2 is 2.00 bits per heavy atom. The minimum atomic E-state index is -0.345. The fourth-order valence-corrected chi connectivity index (χ4v) is 1.19. The minimum absolute atomic E-state index is 0.345. The largest absolute Gasteiger partial charge is 0.463 e. The Hall–Kier alpha value is -1.77. The van der Waals surface area contributed by atoms with Crippen molar-refractivity contribution in [1.29, 1.82) is 0 Å². The molecule has 0 heterocycles. The van der Waals surface area contributed by atoms with Gasteiger partial charge in [-0.25, -0.2) is 4.79 Å². The second-order valence-corrected chi connectivity index (χ2v) is 3.54. The zero-order valence-electron chi connectivity index (χ0n) is 9.75. The second-order valence-electron chi connectivity index (χ2n) is 3.54. The molecule has 16 heavy (non-hydrogen) atoms. The van der Waals surface area contributed by atoms with Crippen molar-refractivity contribution in [1.82, 2.24) is 0 Å². The molecule has 0 amide bonds. The van der Waals surface area contributed by atoms with Gasteiger partial charge in [0.2, 0.25) is 0 Å². The zero-order chi connectivity index (χ0) is 12.0. The highest BCUT2D eigenvalue weighted by Crippen LogP contribution is 2.09. The van der Waals surface area contributed by atoms with Gasteiger partial charge in [-0.1, -0.05) is 24.3 Å². The summed E-state index contributed by atoms with van der Waals surface area (Å²) in [6, 6.07) is 7.95. The molecule has 1 N–H and O–H groups in total. The van der Waals surface area contributed by atoms with Gasteiger partial charge >= 0.3 is 5.97 Å². The van der Waals surface area contributed by atoms with Crippen molar-refractivity contribution in [2.75, 3.05) is 18.5 Å². The second kappa shape index (κ2) is 5.95. The van der Waals surface area contributed by atoms with Crippen LogP contribution in [-0.2, 0) is 9.53 Å². The number of carbonyl (C=O) groups is 1. The number of ether oxygens (including phenoxy) is 1. The number of esters is 1. The predicted octanol–water partition coefficient (Wildman–Crippen LogP) is 2.53. The van der Waals surface area contributed by atoms with E-state index in [-0.39, 0.29) is 5.97 Å². The monoisotopic (exact) mass is 219 g/mol. The molecule has 0 aliphatic rings. The lowest BCUT2D eigenvalue weighted by Gasteiger charge is -2.08. The lowest BCUT2D eigenvalue weighted by molar-refractivity contribution is -0.138. The maximum atomic E-state index is 11.3. The zero-order valence-corrected chi connectivity index (χ0v) is 9.75. The molecule has 0 spiro atoms. The van der Waals surface area contributed by atoms with Crippen LogP contribution in [0.1, 0.15) is 12.5 Å². The first-order valence-corrected chi connectivity index (χ1v) is 5.29. The molecule has 0 saturated heterocycles.